The highest BCUT2D eigenvalue weighted by atomic mass is 16.5. The van der Waals surface area contributed by atoms with Gasteiger partial charge in [-0.2, -0.15) is 0 Å². The fourth-order valence-electron chi connectivity index (χ4n) is 2.70. The number of hydrogen-bond acceptors (Lipinski definition) is 4. The maximum absolute atomic E-state index is 11.0. The van der Waals surface area contributed by atoms with Gasteiger partial charge in [0.2, 0.25) is 5.91 Å². The highest BCUT2D eigenvalue weighted by molar-refractivity contribution is 5.73. The monoisotopic (exact) mass is 242 g/mol. The molecule has 2 saturated heterocycles. The molecule has 0 radical (unpaired) electrons. The topological polar surface area (TPSA) is 61.8 Å². The van der Waals surface area contributed by atoms with Crippen molar-refractivity contribution in [2.75, 3.05) is 39.5 Å². The van der Waals surface area contributed by atoms with Crippen molar-refractivity contribution in [1.82, 2.24) is 10.2 Å². The predicted molar refractivity (Wildman–Crippen MR) is 63.6 cm³/mol. The number of amides is 1. The van der Waals surface area contributed by atoms with Crippen LogP contribution in [0.15, 0.2) is 0 Å². The first-order valence-electron chi connectivity index (χ1n) is 6.32. The van der Waals surface area contributed by atoms with Crippen molar-refractivity contribution in [3.63, 3.8) is 0 Å². The molecule has 5 nitrogen and oxygen atoms in total. The summed E-state index contributed by atoms with van der Waals surface area (Å²) in [5, 5.41) is 12.4. The van der Waals surface area contributed by atoms with E-state index in [1.54, 1.807) is 6.92 Å². The molecule has 0 saturated carbocycles. The zero-order chi connectivity index (χ0) is 12.3. The van der Waals surface area contributed by atoms with Crippen LogP contribution in [0.25, 0.3) is 0 Å². The highest BCUT2D eigenvalue weighted by Crippen LogP contribution is 2.29. The largest absolute Gasteiger partial charge is 0.396 e. The van der Waals surface area contributed by atoms with E-state index in [2.05, 4.69) is 10.2 Å². The second-order valence-electron chi connectivity index (χ2n) is 5.43. The molecule has 1 unspecified atom stereocenters. The van der Waals surface area contributed by atoms with Crippen LogP contribution in [-0.4, -0.2) is 61.4 Å². The van der Waals surface area contributed by atoms with E-state index in [1.807, 2.05) is 0 Å². The lowest BCUT2D eigenvalue weighted by Gasteiger charge is -2.45. The Morgan fingerprint density at radius 1 is 1.59 bits per heavy atom. The van der Waals surface area contributed by atoms with E-state index in [-0.39, 0.29) is 24.0 Å². The number of ether oxygens (including phenoxy) is 1. The van der Waals surface area contributed by atoms with E-state index in [0.29, 0.717) is 13.2 Å². The summed E-state index contributed by atoms with van der Waals surface area (Å²) in [4.78, 5) is 13.4. The van der Waals surface area contributed by atoms with Crippen LogP contribution in [0.1, 0.15) is 19.8 Å². The van der Waals surface area contributed by atoms with E-state index in [4.69, 9.17) is 4.74 Å². The van der Waals surface area contributed by atoms with Gasteiger partial charge in [0.1, 0.15) is 0 Å². The number of nitrogens with zero attached hydrogens (tertiary/aromatic N) is 1. The number of nitrogens with one attached hydrogen (secondary N) is 1. The van der Waals surface area contributed by atoms with Crippen molar-refractivity contribution in [1.29, 1.82) is 0 Å². The van der Waals surface area contributed by atoms with Gasteiger partial charge in [0.05, 0.1) is 25.2 Å². The molecular formula is C12H22N2O3. The van der Waals surface area contributed by atoms with Crippen LogP contribution >= 0.6 is 0 Å². The number of hydrogen-bond donors (Lipinski definition) is 2. The van der Waals surface area contributed by atoms with Gasteiger partial charge in [-0.05, 0) is 19.4 Å². The second kappa shape index (κ2) is 5.33. The first-order chi connectivity index (χ1) is 8.13. The van der Waals surface area contributed by atoms with Crippen LogP contribution in [-0.2, 0) is 9.53 Å². The summed E-state index contributed by atoms with van der Waals surface area (Å²) in [6, 6.07) is 0.262. The molecule has 2 heterocycles. The number of carbonyl (C=O) groups excluding carboxylic acids is 1. The van der Waals surface area contributed by atoms with E-state index in [0.717, 1.165) is 32.5 Å². The minimum absolute atomic E-state index is 0.0423. The Hall–Kier alpha value is -0.650. The quantitative estimate of drug-likeness (QED) is 0.704. The van der Waals surface area contributed by atoms with Crippen LogP contribution in [0, 0.1) is 5.41 Å². The molecular weight excluding hydrogens is 220 g/mol. The molecule has 2 rings (SSSR count). The van der Waals surface area contributed by atoms with Gasteiger partial charge in [0.15, 0.2) is 0 Å². The molecule has 2 aliphatic rings. The third-order valence-electron chi connectivity index (χ3n) is 3.62. The van der Waals surface area contributed by atoms with Gasteiger partial charge in [0.25, 0.3) is 0 Å². The fraction of sp³-hybridized carbons (Fsp3) is 0.917. The summed E-state index contributed by atoms with van der Waals surface area (Å²) in [7, 11) is 0. The summed E-state index contributed by atoms with van der Waals surface area (Å²) in [6.07, 6.45) is 2.16. The first-order valence-corrected chi connectivity index (χ1v) is 6.32. The third-order valence-corrected chi connectivity index (χ3v) is 3.62. The van der Waals surface area contributed by atoms with E-state index in [1.165, 1.54) is 0 Å². The van der Waals surface area contributed by atoms with Gasteiger partial charge < -0.3 is 20.1 Å². The normalized spacial score (nSPS) is 28.5. The van der Waals surface area contributed by atoms with Crippen LogP contribution in [0.4, 0.5) is 0 Å². The highest BCUT2D eigenvalue weighted by Gasteiger charge is 2.40. The average Bonchev–Trinajstić information content (AvgIpc) is 2.23. The van der Waals surface area contributed by atoms with Crippen LogP contribution in [0.3, 0.4) is 0 Å². The van der Waals surface area contributed by atoms with Crippen molar-refractivity contribution < 1.29 is 14.6 Å². The molecule has 2 N–H and O–H groups in total. The van der Waals surface area contributed by atoms with Gasteiger partial charge >= 0.3 is 0 Å². The third kappa shape index (κ3) is 3.18. The minimum Gasteiger partial charge on any atom is -0.396 e. The lowest BCUT2D eigenvalue weighted by atomic mass is 9.85. The number of aliphatic hydroxyl groups excluding tert-OH is 1. The Kier molecular flexibility index (Phi) is 4.01. The number of aliphatic hydroxyl groups is 1. The molecule has 0 aromatic heterocycles. The molecule has 1 amide bonds. The van der Waals surface area contributed by atoms with Crippen molar-refractivity contribution in [2.24, 2.45) is 5.41 Å². The number of carbonyl (C=O) groups is 1. The Morgan fingerprint density at radius 2 is 2.35 bits per heavy atom. The molecule has 0 spiro atoms. The fourth-order valence-corrected chi connectivity index (χ4v) is 2.70. The lowest BCUT2D eigenvalue weighted by Crippen LogP contribution is -2.56. The Balaban J connectivity index is 1.82. The zero-order valence-electron chi connectivity index (χ0n) is 10.4. The maximum atomic E-state index is 11.0. The molecule has 17 heavy (non-hydrogen) atoms. The molecule has 1 atom stereocenters. The molecule has 5 heteroatoms. The zero-order valence-corrected chi connectivity index (χ0v) is 10.4. The van der Waals surface area contributed by atoms with Crippen LogP contribution in [0.5, 0.6) is 0 Å². The number of piperidine rings is 1. The Morgan fingerprint density at radius 3 is 2.88 bits per heavy atom. The van der Waals surface area contributed by atoms with Crippen molar-refractivity contribution in [3.8, 4) is 0 Å². The summed E-state index contributed by atoms with van der Waals surface area (Å²) < 4.78 is 5.21. The second-order valence-corrected chi connectivity index (χ2v) is 5.43. The van der Waals surface area contributed by atoms with Crippen LogP contribution < -0.4 is 5.32 Å². The number of likely N-dealkylation sites (tertiary alicyclic amines) is 1. The molecule has 0 bridgehead atoms. The minimum atomic E-state index is -0.0574. The molecule has 0 aromatic carbocycles. The van der Waals surface area contributed by atoms with Gasteiger partial charge in [-0.25, -0.2) is 0 Å². The van der Waals surface area contributed by atoms with Gasteiger partial charge in [-0.3, -0.25) is 4.79 Å². The van der Waals surface area contributed by atoms with Crippen molar-refractivity contribution in [2.45, 2.75) is 25.8 Å². The van der Waals surface area contributed by atoms with E-state index in [9.17, 15) is 9.90 Å². The summed E-state index contributed by atoms with van der Waals surface area (Å²) >= 11 is 0. The standard InChI is InChI=1S/C12H22N2O3/c1-10(16)13-11-3-2-4-14(5-11)6-12(7-15)8-17-9-12/h11,15H,2-9H2,1H3,(H,13,16). The Labute approximate surface area is 102 Å². The SMILES string of the molecule is CC(=O)NC1CCCN(CC2(CO)COC2)C1. The molecule has 2 aliphatic heterocycles. The summed E-state index contributed by atoms with van der Waals surface area (Å²) in [5.41, 5.74) is -0.0574. The predicted octanol–water partition coefficient (Wildman–Crippen LogP) is -0.404. The summed E-state index contributed by atoms with van der Waals surface area (Å²) in [5.74, 6) is 0.0423. The van der Waals surface area contributed by atoms with E-state index < -0.39 is 0 Å². The lowest BCUT2D eigenvalue weighted by molar-refractivity contribution is -0.150. The summed E-state index contributed by atoms with van der Waals surface area (Å²) in [6.45, 7) is 5.89. The molecule has 0 aromatic rings. The van der Waals surface area contributed by atoms with Gasteiger partial charge in [-0.15, -0.1) is 0 Å². The first kappa shape index (κ1) is 12.8. The van der Waals surface area contributed by atoms with Gasteiger partial charge in [-0.1, -0.05) is 0 Å². The van der Waals surface area contributed by atoms with Crippen LogP contribution in [0.2, 0.25) is 0 Å². The van der Waals surface area contributed by atoms with E-state index >= 15 is 0 Å². The van der Waals surface area contributed by atoms with Gasteiger partial charge in [0, 0.05) is 26.1 Å². The Bertz CT molecular complexity index is 273. The van der Waals surface area contributed by atoms with Crippen molar-refractivity contribution >= 4 is 5.91 Å². The number of rotatable bonds is 4. The maximum Gasteiger partial charge on any atom is 0.217 e. The molecule has 98 valence electrons. The average molecular weight is 242 g/mol. The molecule has 2 fully saturated rings. The molecule has 0 aliphatic carbocycles. The smallest absolute Gasteiger partial charge is 0.217 e. The van der Waals surface area contributed by atoms with Crippen molar-refractivity contribution in [3.05, 3.63) is 0 Å².